The van der Waals surface area contributed by atoms with Gasteiger partial charge >= 0.3 is 12.2 Å². The van der Waals surface area contributed by atoms with Gasteiger partial charge in [0.2, 0.25) is 5.91 Å². The molecule has 0 N–H and O–H groups in total. The predicted molar refractivity (Wildman–Crippen MR) is 116 cm³/mol. The van der Waals surface area contributed by atoms with Gasteiger partial charge in [0.15, 0.2) is 0 Å². The third-order valence-electron chi connectivity index (χ3n) is 5.70. The van der Waals surface area contributed by atoms with Crippen molar-refractivity contribution < 1.29 is 23.9 Å². The summed E-state index contributed by atoms with van der Waals surface area (Å²) in [5.74, 6) is -0.753. The van der Waals surface area contributed by atoms with Crippen molar-refractivity contribution in [3.8, 4) is 0 Å². The van der Waals surface area contributed by atoms with E-state index in [2.05, 4.69) is 6.58 Å². The fraction of sp³-hybridized carbons (Fsp3) is 0.542. The maximum Gasteiger partial charge on any atom is 0.416 e. The van der Waals surface area contributed by atoms with Crippen LogP contribution in [0.1, 0.15) is 39.2 Å². The zero-order chi connectivity index (χ0) is 22.6. The lowest BCUT2D eigenvalue weighted by atomic mass is 9.87. The maximum atomic E-state index is 13.5. The maximum absolute atomic E-state index is 13.5. The molecule has 31 heavy (non-hydrogen) atoms. The first-order chi connectivity index (χ1) is 14.7. The molecule has 1 aromatic carbocycles. The zero-order valence-electron chi connectivity index (χ0n) is 18.6. The number of nitrogens with zero attached hydrogens (tertiary/aromatic N) is 2. The predicted octanol–water partition coefficient (Wildman–Crippen LogP) is 4.03. The number of rotatable bonds is 6. The summed E-state index contributed by atoms with van der Waals surface area (Å²) in [6.07, 6.45) is 2.40. The molecule has 3 atom stereocenters. The lowest BCUT2D eigenvalue weighted by molar-refractivity contribution is -0.135. The van der Waals surface area contributed by atoms with Crippen molar-refractivity contribution in [1.29, 1.82) is 0 Å². The summed E-state index contributed by atoms with van der Waals surface area (Å²) in [5, 5.41) is 0. The molecular formula is C24H32N2O5. The van der Waals surface area contributed by atoms with Crippen LogP contribution in [-0.2, 0) is 20.7 Å². The Balaban J connectivity index is 1.71. The van der Waals surface area contributed by atoms with Crippen LogP contribution in [0.5, 0.6) is 0 Å². The second-order valence-electron chi connectivity index (χ2n) is 9.23. The number of carbonyl (C=O) groups is 3. The number of imide groups is 1. The molecule has 1 aromatic rings. The number of benzene rings is 1. The van der Waals surface area contributed by atoms with Crippen LogP contribution in [0.15, 0.2) is 43.0 Å². The van der Waals surface area contributed by atoms with E-state index >= 15 is 0 Å². The van der Waals surface area contributed by atoms with Gasteiger partial charge in [-0.15, -0.1) is 6.58 Å². The van der Waals surface area contributed by atoms with Crippen molar-refractivity contribution in [1.82, 2.24) is 9.80 Å². The van der Waals surface area contributed by atoms with Gasteiger partial charge in [-0.25, -0.2) is 14.5 Å². The monoisotopic (exact) mass is 428 g/mol. The van der Waals surface area contributed by atoms with Gasteiger partial charge in [-0.2, -0.15) is 0 Å². The minimum Gasteiger partial charge on any atom is -0.447 e. The van der Waals surface area contributed by atoms with Crippen LogP contribution in [0.25, 0.3) is 0 Å². The molecule has 3 rings (SSSR count). The molecule has 0 aromatic heterocycles. The van der Waals surface area contributed by atoms with Gasteiger partial charge in [-0.3, -0.25) is 4.79 Å². The van der Waals surface area contributed by atoms with E-state index in [4.69, 9.17) is 9.47 Å². The molecule has 2 aliphatic heterocycles. The largest absolute Gasteiger partial charge is 0.447 e. The van der Waals surface area contributed by atoms with Gasteiger partial charge in [0, 0.05) is 19.0 Å². The minimum atomic E-state index is -0.595. The van der Waals surface area contributed by atoms with Crippen molar-refractivity contribution in [2.45, 2.75) is 51.7 Å². The SMILES string of the molecule is C=CC[C@H](C(=O)N1C(=O)OC[C@@H]1Cc1ccccc1)[C@H]1CCN(C(=O)OC(C)(C)C)C1. The van der Waals surface area contributed by atoms with E-state index in [9.17, 15) is 14.4 Å². The number of carbonyl (C=O) groups excluding carboxylic acids is 3. The Morgan fingerprint density at radius 2 is 2.00 bits per heavy atom. The molecule has 2 heterocycles. The average molecular weight is 429 g/mol. The van der Waals surface area contributed by atoms with Gasteiger partial charge in [0.05, 0.1) is 6.04 Å². The van der Waals surface area contributed by atoms with Crippen LogP contribution in [0.4, 0.5) is 9.59 Å². The van der Waals surface area contributed by atoms with Crippen LogP contribution in [0.3, 0.4) is 0 Å². The Morgan fingerprint density at radius 1 is 1.29 bits per heavy atom. The van der Waals surface area contributed by atoms with E-state index in [-0.39, 0.29) is 30.6 Å². The van der Waals surface area contributed by atoms with E-state index < -0.39 is 17.6 Å². The molecule has 3 amide bonds. The van der Waals surface area contributed by atoms with Crippen molar-refractivity contribution in [3.63, 3.8) is 0 Å². The fourth-order valence-electron chi connectivity index (χ4n) is 4.23. The van der Waals surface area contributed by atoms with Crippen molar-refractivity contribution in [2.24, 2.45) is 11.8 Å². The summed E-state index contributed by atoms with van der Waals surface area (Å²) >= 11 is 0. The van der Waals surface area contributed by atoms with Crippen LogP contribution in [0.2, 0.25) is 0 Å². The highest BCUT2D eigenvalue weighted by molar-refractivity contribution is 5.95. The molecule has 7 heteroatoms. The number of likely N-dealkylation sites (tertiary alicyclic amines) is 1. The summed E-state index contributed by atoms with van der Waals surface area (Å²) < 4.78 is 10.7. The van der Waals surface area contributed by atoms with Crippen molar-refractivity contribution >= 4 is 18.1 Å². The number of hydrogen-bond donors (Lipinski definition) is 0. The van der Waals surface area contributed by atoms with Crippen LogP contribution < -0.4 is 0 Å². The first-order valence-corrected chi connectivity index (χ1v) is 10.8. The molecule has 2 saturated heterocycles. The van der Waals surface area contributed by atoms with Crippen LogP contribution in [-0.4, -0.2) is 59.2 Å². The number of ether oxygens (including phenoxy) is 2. The van der Waals surface area contributed by atoms with Gasteiger partial charge in [0.1, 0.15) is 12.2 Å². The van der Waals surface area contributed by atoms with Gasteiger partial charge in [0.25, 0.3) is 0 Å². The lowest BCUT2D eigenvalue weighted by Gasteiger charge is -2.28. The molecule has 0 unspecified atom stereocenters. The number of cyclic esters (lactones) is 1. The lowest BCUT2D eigenvalue weighted by Crippen LogP contribution is -2.46. The summed E-state index contributed by atoms with van der Waals surface area (Å²) in [4.78, 5) is 41.3. The van der Waals surface area contributed by atoms with E-state index in [1.54, 1.807) is 11.0 Å². The highest BCUT2D eigenvalue weighted by Gasteiger charge is 2.44. The zero-order valence-corrected chi connectivity index (χ0v) is 18.6. The Hall–Kier alpha value is -2.83. The Labute approximate surface area is 184 Å². The Bertz CT molecular complexity index is 817. The average Bonchev–Trinajstić information content (AvgIpc) is 3.32. The van der Waals surface area contributed by atoms with E-state index in [1.807, 2.05) is 51.1 Å². The second-order valence-corrected chi connectivity index (χ2v) is 9.23. The van der Waals surface area contributed by atoms with Crippen LogP contribution >= 0.6 is 0 Å². The molecule has 0 bridgehead atoms. The summed E-state index contributed by atoms with van der Waals surface area (Å²) in [7, 11) is 0. The molecule has 2 aliphatic rings. The molecule has 7 nitrogen and oxygen atoms in total. The fourth-order valence-corrected chi connectivity index (χ4v) is 4.23. The molecule has 0 saturated carbocycles. The molecule has 2 fully saturated rings. The van der Waals surface area contributed by atoms with E-state index in [0.29, 0.717) is 32.4 Å². The molecule has 168 valence electrons. The molecular weight excluding hydrogens is 396 g/mol. The standard InChI is InChI=1S/C24H32N2O5/c1-5-9-20(18-12-13-25(15-18)22(28)31-24(2,3)4)21(27)26-19(16-30-23(26)29)14-17-10-7-6-8-11-17/h5-8,10-11,18-20H,1,9,12-16H2,2-4H3/t18-,19-,20-/m0/s1. The minimum absolute atomic E-state index is 0.0659. The summed E-state index contributed by atoms with van der Waals surface area (Å²) in [5.41, 5.74) is 0.469. The van der Waals surface area contributed by atoms with Crippen LogP contribution in [0, 0.1) is 11.8 Å². The Kier molecular flexibility index (Phi) is 7.03. The molecule has 0 aliphatic carbocycles. The summed E-state index contributed by atoms with van der Waals surface area (Å²) in [6, 6.07) is 9.41. The van der Waals surface area contributed by atoms with Gasteiger partial charge in [-0.05, 0) is 51.5 Å². The smallest absolute Gasteiger partial charge is 0.416 e. The third kappa shape index (κ3) is 5.66. The highest BCUT2D eigenvalue weighted by Crippen LogP contribution is 2.32. The first kappa shape index (κ1) is 22.8. The normalized spacial score (nSPS) is 22.2. The number of amides is 3. The second kappa shape index (κ2) is 9.54. The number of allylic oxidation sites excluding steroid dienone is 1. The third-order valence-corrected chi connectivity index (χ3v) is 5.70. The van der Waals surface area contributed by atoms with Gasteiger partial charge < -0.3 is 14.4 Å². The van der Waals surface area contributed by atoms with Gasteiger partial charge in [-0.1, -0.05) is 36.4 Å². The van der Waals surface area contributed by atoms with Crippen molar-refractivity contribution in [2.75, 3.05) is 19.7 Å². The highest BCUT2D eigenvalue weighted by atomic mass is 16.6. The Morgan fingerprint density at radius 3 is 2.65 bits per heavy atom. The first-order valence-electron chi connectivity index (χ1n) is 10.8. The molecule has 0 radical (unpaired) electrons. The quantitative estimate of drug-likeness (QED) is 0.640. The van der Waals surface area contributed by atoms with E-state index in [0.717, 1.165) is 5.56 Å². The topological polar surface area (TPSA) is 76.2 Å². The number of hydrogen-bond acceptors (Lipinski definition) is 5. The van der Waals surface area contributed by atoms with E-state index in [1.165, 1.54) is 4.90 Å². The van der Waals surface area contributed by atoms with Crippen molar-refractivity contribution in [3.05, 3.63) is 48.6 Å². The molecule has 0 spiro atoms. The summed E-state index contributed by atoms with van der Waals surface area (Å²) in [6.45, 7) is 10.4.